The Morgan fingerprint density at radius 1 is 1.00 bits per heavy atom. The van der Waals surface area contributed by atoms with Crippen LogP contribution < -0.4 is 5.32 Å². The van der Waals surface area contributed by atoms with Crippen LogP contribution in [0.3, 0.4) is 0 Å². The monoisotopic (exact) mass is 463 g/mol. The van der Waals surface area contributed by atoms with E-state index < -0.39 is 0 Å². The number of hydrogen-bond acceptors (Lipinski definition) is 5. The number of carbonyl (C=O) groups is 2. The van der Waals surface area contributed by atoms with Crippen molar-refractivity contribution in [3.63, 3.8) is 0 Å². The number of carbonyl (C=O) groups excluding carboxylic acids is 2. The van der Waals surface area contributed by atoms with Crippen LogP contribution in [-0.2, 0) is 9.53 Å². The van der Waals surface area contributed by atoms with Crippen LogP contribution in [0.5, 0.6) is 0 Å². The Hall–Kier alpha value is -2.54. The molecule has 182 valence electrons. The van der Waals surface area contributed by atoms with Crippen LogP contribution in [0.25, 0.3) is 0 Å². The third kappa shape index (κ3) is 6.32. The van der Waals surface area contributed by atoms with Crippen molar-refractivity contribution in [2.75, 3.05) is 38.0 Å². The standard InChI is InChI=1S/C28H37N3O3/c1-20-17-30(18-21(2)34-20)19-23-12-14-31(15-13-23)27(24-8-5-4-6-9-24)28(33)29-26-11-7-10-25(16-26)22(3)32/h4-11,16,20-21,23,27H,12-15,17-19H2,1-3H3,(H,29,33). The van der Waals surface area contributed by atoms with E-state index in [0.29, 0.717) is 17.2 Å². The summed E-state index contributed by atoms with van der Waals surface area (Å²) in [5.74, 6) is 0.573. The lowest BCUT2D eigenvalue weighted by atomic mass is 9.93. The van der Waals surface area contributed by atoms with E-state index in [1.807, 2.05) is 42.5 Å². The van der Waals surface area contributed by atoms with Crippen molar-refractivity contribution in [2.24, 2.45) is 5.92 Å². The highest BCUT2D eigenvalue weighted by Crippen LogP contribution is 2.29. The molecule has 2 fully saturated rings. The predicted octanol–water partition coefficient (Wildman–Crippen LogP) is 4.39. The molecule has 0 aromatic heterocycles. The number of nitrogens with zero attached hydrogens (tertiary/aromatic N) is 2. The van der Waals surface area contributed by atoms with Crippen LogP contribution in [-0.4, -0.2) is 66.4 Å². The summed E-state index contributed by atoms with van der Waals surface area (Å²) in [4.78, 5) is 30.1. The first kappa shape index (κ1) is 24.6. The fourth-order valence-corrected chi connectivity index (χ4v) is 5.38. The highest BCUT2D eigenvalue weighted by molar-refractivity contribution is 5.98. The molecule has 2 aromatic rings. The van der Waals surface area contributed by atoms with Gasteiger partial charge in [0.05, 0.1) is 12.2 Å². The number of nitrogens with one attached hydrogen (secondary N) is 1. The van der Waals surface area contributed by atoms with Crippen molar-refractivity contribution in [3.8, 4) is 0 Å². The van der Waals surface area contributed by atoms with Gasteiger partial charge in [-0.2, -0.15) is 0 Å². The Morgan fingerprint density at radius 2 is 1.68 bits per heavy atom. The molecule has 6 heteroatoms. The van der Waals surface area contributed by atoms with Gasteiger partial charge in [-0.05, 0) is 70.3 Å². The summed E-state index contributed by atoms with van der Waals surface area (Å²) in [7, 11) is 0. The minimum absolute atomic E-state index is 0.0122. The summed E-state index contributed by atoms with van der Waals surface area (Å²) in [6.07, 6.45) is 2.74. The predicted molar refractivity (Wildman–Crippen MR) is 135 cm³/mol. The number of piperidine rings is 1. The zero-order valence-corrected chi connectivity index (χ0v) is 20.6. The molecule has 1 amide bonds. The van der Waals surface area contributed by atoms with Gasteiger partial charge in [-0.15, -0.1) is 0 Å². The van der Waals surface area contributed by atoms with Crippen molar-refractivity contribution in [3.05, 3.63) is 65.7 Å². The molecule has 0 spiro atoms. The van der Waals surface area contributed by atoms with E-state index in [1.54, 1.807) is 12.1 Å². The Morgan fingerprint density at radius 3 is 2.32 bits per heavy atom. The molecule has 2 aromatic carbocycles. The van der Waals surface area contributed by atoms with Gasteiger partial charge in [-0.3, -0.25) is 19.4 Å². The van der Waals surface area contributed by atoms with E-state index in [1.165, 1.54) is 6.92 Å². The molecule has 6 nitrogen and oxygen atoms in total. The highest BCUT2D eigenvalue weighted by Gasteiger charge is 2.32. The molecule has 2 aliphatic rings. The molecule has 3 atom stereocenters. The average molecular weight is 464 g/mol. The number of Topliss-reactive ketones (excluding diaryl/α,β-unsaturated/α-hetero) is 1. The van der Waals surface area contributed by atoms with Crippen LogP contribution in [0, 0.1) is 5.92 Å². The van der Waals surface area contributed by atoms with Crippen LogP contribution in [0.2, 0.25) is 0 Å². The fourth-order valence-electron chi connectivity index (χ4n) is 5.38. The first-order valence-electron chi connectivity index (χ1n) is 12.5. The lowest BCUT2D eigenvalue weighted by Gasteiger charge is -2.41. The number of likely N-dealkylation sites (tertiary alicyclic amines) is 1. The lowest BCUT2D eigenvalue weighted by molar-refractivity contribution is -0.122. The van der Waals surface area contributed by atoms with E-state index in [-0.39, 0.29) is 29.9 Å². The number of amides is 1. The molecule has 2 aliphatic heterocycles. The number of hydrogen-bond donors (Lipinski definition) is 1. The number of ether oxygens (including phenoxy) is 1. The lowest BCUT2D eigenvalue weighted by Crippen LogP contribution is -2.49. The average Bonchev–Trinajstić information content (AvgIpc) is 2.80. The SMILES string of the molecule is CC(=O)c1cccc(NC(=O)C(c2ccccc2)N2CCC(CN3CC(C)OC(C)C3)CC2)c1. The second kappa shape index (κ2) is 11.3. The molecule has 2 heterocycles. The van der Waals surface area contributed by atoms with Crippen molar-refractivity contribution in [2.45, 2.75) is 51.9 Å². The minimum atomic E-state index is -0.355. The van der Waals surface area contributed by atoms with Crippen LogP contribution in [0.15, 0.2) is 54.6 Å². The first-order valence-corrected chi connectivity index (χ1v) is 12.5. The van der Waals surface area contributed by atoms with Crippen LogP contribution >= 0.6 is 0 Å². The normalized spacial score (nSPS) is 23.4. The highest BCUT2D eigenvalue weighted by atomic mass is 16.5. The zero-order chi connectivity index (χ0) is 24.1. The molecule has 4 rings (SSSR count). The van der Waals surface area contributed by atoms with Gasteiger partial charge in [-0.25, -0.2) is 0 Å². The Kier molecular flexibility index (Phi) is 8.14. The van der Waals surface area contributed by atoms with E-state index >= 15 is 0 Å². The maximum Gasteiger partial charge on any atom is 0.246 e. The van der Waals surface area contributed by atoms with Gasteiger partial charge in [0.15, 0.2) is 5.78 Å². The summed E-state index contributed by atoms with van der Waals surface area (Å²) in [5, 5.41) is 3.06. The van der Waals surface area contributed by atoms with Crippen molar-refractivity contribution < 1.29 is 14.3 Å². The summed E-state index contributed by atoms with van der Waals surface area (Å²) in [6, 6.07) is 16.8. The minimum Gasteiger partial charge on any atom is -0.373 e. The summed E-state index contributed by atoms with van der Waals surface area (Å²) in [5.41, 5.74) is 2.25. The zero-order valence-electron chi connectivity index (χ0n) is 20.6. The van der Waals surface area contributed by atoms with E-state index in [2.05, 4.69) is 29.0 Å². The molecule has 1 N–H and O–H groups in total. The van der Waals surface area contributed by atoms with E-state index in [0.717, 1.165) is 51.1 Å². The van der Waals surface area contributed by atoms with Crippen LogP contribution in [0.1, 0.15) is 55.6 Å². The number of benzene rings is 2. The molecule has 0 saturated carbocycles. The van der Waals surface area contributed by atoms with Gasteiger partial charge in [0.2, 0.25) is 5.91 Å². The first-order chi connectivity index (χ1) is 16.4. The fraction of sp³-hybridized carbons (Fsp3) is 0.500. The molecule has 0 radical (unpaired) electrons. The second-order valence-electron chi connectivity index (χ2n) is 9.89. The van der Waals surface area contributed by atoms with Crippen molar-refractivity contribution in [1.82, 2.24) is 9.80 Å². The molecule has 0 bridgehead atoms. The van der Waals surface area contributed by atoms with Gasteiger partial charge < -0.3 is 10.1 Å². The Bertz CT molecular complexity index is 962. The maximum atomic E-state index is 13.5. The van der Waals surface area contributed by atoms with E-state index in [4.69, 9.17) is 4.74 Å². The largest absolute Gasteiger partial charge is 0.373 e. The maximum absolute atomic E-state index is 13.5. The van der Waals surface area contributed by atoms with Gasteiger partial charge in [0, 0.05) is 30.9 Å². The number of ketones is 1. The number of rotatable bonds is 7. The quantitative estimate of drug-likeness (QED) is 0.617. The summed E-state index contributed by atoms with van der Waals surface area (Å²) >= 11 is 0. The van der Waals surface area contributed by atoms with Gasteiger partial charge in [0.25, 0.3) is 0 Å². The summed E-state index contributed by atoms with van der Waals surface area (Å²) in [6.45, 7) is 10.7. The van der Waals surface area contributed by atoms with Gasteiger partial charge >= 0.3 is 0 Å². The molecular weight excluding hydrogens is 426 g/mol. The number of anilines is 1. The van der Waals surface area contributed by atoms with E-state index in [9.17, 15) is 9.59 Å². The third-order valence-electron chi connectivity index (χ3n) is 6.93. The molecule has 2 saturated heterocycles. The second-order valence-corrected chi connectivity index (χ2v) is 9.89. The van der Waals surface area contributed by atoms with Crippen molar-refractivity contribution >= 4 is 17.4 Å². The topological polar surface area (TPSA) is 61.9 Å². The Balaban J connectivity index is 1.42. The van der Waals surface area contributed by atoms with Crippen molar-refractivity contribution in [1.29, 1.82) is 0 Å². The number of morpholine rings is 1. The smallest absolute Gasteiger partial charge is 0.246 e. The van der Waals surface area contributed by atoms with Crippen LogP contribution in [0.4, 0.5) is 5.69 Å². The molecule has 34 heavy (non-hydrogen) atoms. The molecular formula is C28H37N3O3. The summed E-state index contributed by atoms with van der Waals surface area (Å²) < 4.78 is 5.89. The molecule has 0 aliphatic carbocycles. The van der Waals surface area contributed by atoms with Gasteiger partial charge in [0.1, 0.15) is 6.04 Å². The van der Waals surface area contributed by atoms with Gasteiger partial charge in [-0.1, -0.05) is 42.5 Å². The third-order valence-corrected chi connectivity index (χ3v) is 6.93. The Labute approximate surface area is 203 Å². The molecule has 3 unspecified atom stereocenters.